The molecule has 4 aromatic carbocycles. The highest BCUT2D eigenvalue weighted by molar-refractivity contribution is 5.89. The van der Waals surface area contributed by atoms with Crippen LogP contribution in [0.15, 0.2) is 115 Å². The zero-order valence-corrected chi connectivity index (χ0v) is 52.6. The molecule has 2 saturated carbocycles. The Morgan fingerprint density at radius 1 is 0.425 bits per heavy atom. The van der Waals surface area contributed by atoms with Crippen molar-refractivity contribution in [2.75, 3.05) is 34.5 Å². The first-order chi connectivity index (χ1) is 41.4. The molecule has 2 unspecified atom stereocenters. The van der Waals surface area contributed by atoms with Crippen molar-refractivity contribution in [3.05, 3.63) is 132 Å². The van der Waals surface area contributed by atoms with Crippen LogP contribution in [-0.2, 0) is 52.5 Å². The molecule has 472 valence electrons. The monoisotopic (exact) mass is 1200 g/mol. The molecule has 0 aliphatic heterocycles. The molecule has 0 saturated heterocycles. The van der Waals surface area contributed by atoms with Crippen molar-refractivity contribution in [1.29, 1.82) is 0 Å². The number of ether oxygens (including phenoxy) is 10. The van der Waals surface area contributed by atoms with Crippen molar-refractivity contribution in [3.8, 4) is 28.7 Å². The zero-order valence-electron chi connectivity index (χ0n) is 52.6. The number of hydrogen-bond donors (Lipinski definition) is 1. The van der Waals surface area contributed by atoms with Gasteiger partial charge < -0.3 is 52.7 Å². The molecule has 2 fully saturated rings. The van der Waals surface area contributed by atoms with Crippen LogP contribution < -0.4 is 29.0 Å². The van der Waals surface area contributed by atoms with E-state index < -0.39 is 28.3 Å². The van der Waals surface area contributed by atoms with Gasteiger partial charge in [0.15, 0.2) is 0 Å². The lowest BCUT2D eigenvalue weighted by Gasteiger charge is -2.31. The van der Waals surface area contributed by atoms with Gasteiger partial charge in [0.2, 0.25) is 0 Å². The zero-order chi connectivity index (χ0) is 64.0. The molecule has 0 bridgehead atoms. The molecule has 1 N–H and O–H groups in total. The molecule has 6 rings (SSSR count). The van der Waals surface area contributed by atoms with E-state index in [9.17, 15) is 33.6 Å². The largest absolute Gasteiger partial charge is 0.497 e. The molecule has 2 atom stereocenters. The molecule has 1 amide bonds. The highest BCUT2D eigenvalue weighted by Gasteiger charge is 2.34. The molecule has 2 aliphatic rings. The van der Waals surface area contributed by atoms with Crippen LogP contribution in [0.25, 0.3) is 18.2 Å². The molecule has 0 spiro atoms. The van der Waals surface area contributed by atoms with Gasteiger partial charge in [0.1, 0.15) is 59.8 Å². The van der Waals surface area contributed by atoms with Crippen molar-refractivity contribution in [2.24, 2.45) is 16.2 Å². The summed E-state index contributed by atoms with van der Waals surface area (Å²) in [6, 6.07) is 28.1. The lowest BCUT2D eigenvalue weighted by molar-refractivity contribution is -0.165. The third kappa shape index (κ3) is 26.0. The van der Waals surface area contributed by atoms with Gasteiger partial charge in [-0.3, -0.25) is 14.4 Å². The van der Waals surface area contributed by atoms with E-state index >= 15 is 0 Å². The minimum Gasteiger partial charge on any atom is -0.497 e. The Hall–Kier alpha value is -8.41. The highest BCUT2D eigenvalue weighted by atomic mass is 16.6. The van der Waals surface area contributed by atoms with Gasteiger partial charge in [-0.1, -0.05) is 57.2 Å². The molecule has 87 heavy (non-hydrogen) atoms. The number of rotatable bonds is 24. The number of amides is 1. The van der Waals surface area contributed by atoms with Gasteiger partial charge >= 0.3 is 41.9 Å². The normalized spacial score (nSPS) is 16.8. The highest BCUT2D eigenvalue weighted by Crippen LogP contribution is 2.31. The summed E-state index contributed by atoms with van der Waals surface area (Å²) in [6.45, 7) is 17.2. The maximum absolute atomic E-state index is 12.2. The molecule has 4 aromatic rings. The van der Waals surface area contributed by atoms with Gasteiger partial charge in [-0.05, 0) is 201 Å². The first kappa shape index (κ1) is 71.1. The van der Waals surface area contributed by atoms with Crippen LogP contribution in [0.5, 0.6) is 28.7 Å². The van der Waals surface area contributed by atoms with E-state index in [1.807, 2.05) is 109 Å². The summed E-state index contributed by atoms with van der Waals surface area (Å²) in [6.07, 6.45) is 16.1. The molecule has 18 heteroatoms. The van der Waals surface area contributed by atoms with Crippen molar-refractivity contribution >= 4 is 60.1 Å². The van der Waals surface area contributed by atoms with Gasteiger partial charge in [-0.25, -0.2) is 19.2 Å². The number of methoxy groups -OCH3 is 3. The van der Waals surface area contributed by atoms with Crippen LogP contribution in [0.1, 0.15) is 150 Å². The first-order valence-corrected chi connectivity index (χ1v) is 29.7. The predicted molar refractivity (Wildman–Crippen MR) is 332 cm³/mol. The smallest absolute Gasteiger partial charge is 0.412 e. The van der Waals surface area contributed by atoms with Crippen LogP contribution in [0.2, 0.25) is 0 Å². The molecule has 0 heterocycles. The maximum Gasteiger partial charge on any atom is 0.412 e. The van der Waals surface area contributed by atoms with Crippen LogP contribution in [0.3, 0.4) is 0 Å². The number of esters is 6. The van der Waals surface area contributed by atoms with E-state index in [2.05, 4.69) is 5.32 Å². The number of carbonyl (C=O) groups excluding carboxylic acids is 7. The fraction of sp³-hybridized carbons (Fsp3) is 0.464. The van der Waals surface area contributed by atoms with Crippen molar-refractivity contribution < 1.29 is 80.9 Å². The first-order valence-electron chi connectivity index (χ1n) is 29.7. The quantitative estimate of drug-likeness (QED) is 0.0226. The third-order valence-corrected chi connectivity index (χ3v) is 15.1. The summed E-state index contributed by atoms with van der Waals surface area (Å²) >= 11 is 0. The van der Waals surface area contributed by atoms with E-state index in [0.29, 0.717) is 31.4 Å². The summed E-state index contributed by atoms with van der Waals surface area (Å²) in [5.41, 5.74) is 1.13. The average Bonchev–Trinajstić information content (AvgIpc) is 3.69. The minimum absolute atomic E-state index is 0.0519. The van der Waals surface area contributed by atoms with Crippen molar-refractivity contribution in [1.82, 2.24) is 5.32 Å². The summed E-state index contributed by atoms with van der Waals surface area (Å²) in [7, 11) is 4.81. The second kappa shape index (κ2) is 35.9. The summed E-state index contributed by atoms with van der Waals surface area (Å²) < 4.78 is 53.1. The van der Waals surface area contributed by atoms with Gasteiger partial charge in [0.05, 0.1) is 44.1 Å². The second-order valence-electron chi connectivity index (χ2n) is 22.9. The Morgan fingerprint density at radius 2 is 0.759 bits per heavy atom. The van der Waals surface area contributed by atoms with E-state index in [1.165, 1.54) is 42.5 Å². The number of nitrogens with one attached hydrogen (secondary N) is 1. The van der Waals surface area contributed by atoms with E-state index in [4.69, 9.17) is 47.4 Å². The number of benzene rings is 4. The lowest BCUT2D eigenvalue weighted by atomic mass is 9.90. The molecular weight excluding hydrogens is 1110 g/mol. The SMILES string of the molecule is CCC(C)(C)C(=O)OC1CCC(OC(=O)/C=C/c2ccc(OC)cc2)CC1.CCC(C)(C)C(=O)OC1CCCC(OC(=O)/C=C/c2ccc(OC)cc2)C1.CCC(C)(C)C(=O)OCCNC(=O)Oc1ccc(OC(=O)/C=C/c2ccc(OC)cc2)cc1. The van der Waals surface area contributed by atoms with Crippen molar-refractivity contribution in [2.45, 2.75) is 157 Å². The topological polar surface area (TPSA) is 224 Å². The van der Waals surface area contributed by atoms with E-state index in [1.54, 1.807) is 65.5 Å². The number of hydrogen-bond acceptors (Lipinski definition) is 17. The van der Waals surface area contributed by atoms with Crippen LogP contribution in [0, 0.1) is 16.2 Å². The van der Waals surface area contributed by atoms with Crippen LogP contribution in [-0.4, -0.2) is 101 Å². The predicted octanol–water partition coefficient (Wildman–Crippen LogP) is 13.5. The minimum atomic E-state index is -0.687. The third-order valence-electron chi connectivity index (χ3n) is 15.1. The molecular formula is C69H89NO17. The molecule has 2 aliphatic carbocycles. The maximum atomic E-state index is 12.2. The van der Waals surface area contributed by atoms with Gasteiger partial charge in [0, 0.05) is 24.6 Å². The van der Waals surface area contributed by atoms with E-state index in [0.717, 1.165) is 78.9 Å². The van der Waals surface area contributed by atoms with Crippen LogP contribution >= 0.6 is 0 Å². The number of carbonyl (C=O) groups is 7. The Balaban J connectivity index is 0.000000281. The Labute approximate surface area is 513 Å². The van der Waals surface area contributed by atoms with E-state index in [-0.39, 0.29) is 73.2 Å². The fourth-order valence-electron chi connectivity index (χ4n) is 8.05. The Bertz CT molecular complexity index is 2900. The van der Waals surface area contributed by atoms with Gasteiger partial charge in [-0.2, -0.15) is 0 Å². The Morgan fingerprint density at radius 3 is 1.16 bits per heavy atom. The standard InChI is InChI=1S/C25H29NO7.2C22H30O5/c1-5-25(2,3)23(28)31-17-16-26-24(29)33-21-13-11-20(12-14-21)32-22(27)15-8-18-6-9-19(30-4)10-7-18;1-5-22(2,3)21(24)27-19-13-11-18(12-14-19)26-20(23)15-8-16-6-9-17(25-4)10-7-16;1-5-22(2,3)21(24)27-19-8-6-7-18(15-19)26-20(23)14-11-16-9-12-17(25-4)13-10-16/h6-15H,5,16-17H2,1-4H3,(H,26,29);6-10,15,18-19H,5,11-14H2,1-4H3;9-14,18-19H,5-8,15H2,1-4H3/b2*15-8+;14-11+. The summed E-state index contributed by atoms with van der Waals surface area (Å²) in [5, 5.41) is 2.50. The van der Waals surface area contributed by atoms with Crippen LogP contribution in [0.4, 0.5) is 4.79 Å². The second-order valence-corrected chi connectivity index (χ2v) is 22.9. The molecule has 0 radical (unpaired) electrons. The van der Waals surface area contributed by atoms with Gasteiger partial charge in [-0.15, -0.1) is 0 Å². The molecule has 0 aromatic heterocycles. The fourth-order valence-corrected chi connectivity index (χ4v) is 8.05. The van der Waals surface area contributed by atoms with Crippen molar-refractivity contribution in [3.63, 3.8) is 0 Å². The summed E-state index contributed by atoms with van der Waals surface area (Å²) in [4.78, 5) is 84.2. The van der Waals surface area contributed by atoms with Gasteiger partial charge in [0.25, 0.3) is 0 Å². The lowest BCUT2D eigenvalue weighted by Crippen LogP contribution is -2.35. The molecule has 18 nitrogen and oxygen atoms in total. The summed E-state index contributed by atoms with van der Waals surface area (Å²) in [5.74, 6) is 0.928. The Kier molecular flexibility index (Phi) is 29.3. The average molecular weight is 1200 g/mol.